The third-order valence-corrected chi connectivity index (χ3v) is 3.71. The summed E-state index contributed by atoms with van der Waals surface area (Å²) >= 11 is 6.38. The molecule has 2 aromatic rings. The molecule has 0 aliphatic carbocycles. The van der Waals surface area contributed by atoms with Crippen molar-refractivity contribution in [2.75, 3.05) is 13.7 Å². The van der Waals surface area contributed by atoms with Crippen LogP contribution in [0.1, 0.15) is 25.5 Å². The quantitative estimate of drug-likeness (QED) is 0.862. The van der Waals surface area contributed by atoms with Gasteiger partial charge in [-0.15, -0.1) is 0 Å². The second kappa shape index (κ2) is 6.78. The van der Waals surface area contributed by atoms with E-state index in [1.54, 1.807) is 0 Å². The van der Waals surface area contributed by atoms with Gasteiger partial charge in [-0.05, 0) is 55.8 Å². The zero-order chi connectivity index (χ0) is 14.5. The predicted molar refractivity (Wildman–Crippen MR) is 85.5 cm³/mol. The number of hydrogen-bond donors (Lipinski definition) is 1. The summed E-state index contributed by atoms with van der Waals surface area (Å²) in [7, 11) is 1.93. The van der Waals surface area contributed by atoms with Gasteiger partial charge >= 0.3 is 0 Å². The number of benzene rings is 2. The summed E-state index contributed by atoms with van der Waals surface area (Å²) in [6, 6.07) is 14.5. The first kappa shape index (κ1) is 14.9. The summed E-state index contributed by atoms with van der Waals surface area (Å²) in [4.78, 5) is 0. The van der Waals surface area contributed by atoms with Crippen LogP contribution in [0.4, 0.5) is 0 Å². The molecule has 1 N–H and O–H groups in total. The standard InChI is InChI=1S/C17H20ClNO/c1-4-20-15-7-5-6-13(10-15)14-8-9-16(12(2)19-3)17(18)11-14/h5-12,19H,4H2,1-3H3. The van der Waals surface area contributed by atoms with Crippen LogP contribution in [0.2, 0.25) is 5.02 Å². The van der Waals surface area contributed by atoms with E-state index in [2.05, 4.69) is 30.4 Å². The van der Waals surface area contributed by atoms with Crippen molar-refractivity contribution in [2.45, 2.75) is 19.9 Å². The minimum Gasteiger partial charge on any atom is -0.494 e. The molecule has 2 rings (SSSR count). The lowest BCUT2D eigenvalue weighted by Gasteiger charge is -2.14. The average molecular weight is 290 g/mol. The second-order valence-corrected chi connectivity index (χ2v) is 5.11. The summed E-state index contributed by atoms with van der Waals surface area (Å²) in [6.07, 6.45) is 0. The van der Waals surface area contributed by atoms with E-state index >= 15 is 0 Å². The molecule has 2 aromatic carbocycles. The Kier molecular flexibility index (Phi) is 5.05. The Morgan fingerprint density at radius 1 is 1.15 bits per heavy atom. The molecule has 3 heteroatoms. The number of halogens is 1. The highest BCUT2D eigenvalue weighted by molar-refractivity contribution is 6.31. The number of nitrogens with one attached hydrogen (secondary N) is 1. The van der Waals surface area contributed by atoms with Crippen LogP contribution in [0.3, 0.4) is 0 Å². The van der Waals surface area contributed by atoms with Crippen molar-refractivity contribution >= 4 is 11.6 Å². The highest BCUT2D eigenvalue weighted by atomic mass is 35.5. The monoisotopic (exact) mass is 289 g/mol. The van der Waals surface area contributed by atoms with Gasteiger partial charge in [0, 0.05) is 11.1 Å². The van der Waals surface area contributed by atoms with Crippen LogP contribution >= 0.6 is 11.6 Å². The summed E-state index contributed by atoms with van der Waals surface area (Å²) in [5.74, 6) is 0.883. The van der Waals surface area contributed by atoms with Crippen LogP contribution in [-0.4, -0.2) is 13.7 Å². The Bertz CT molecular complexity index is 583. The van der Waals surface area contributed by atoms with E-state index in [4.69, 9.17) is 16.3 Å². The third kappa shape index (κ3) is 3.33. The Hall–Kier alpha value is -1.51. The zero-order valence-electron chi connectivity index (χ0n) is 12.1. The molecule has 0 amide bonds. The molecule has 20 heavy (non-hydrogen) atoms. The topological polar surface area (TPSA) is 21.3 Å². The molecule has 0 aromatic heterocycles. The molecule has 0 spiro atoms. The lowest BCUT2D eigenvalue weighted by atomic mass is 10.0. The van der Waals surface area contributed by atoms with E-state index in [1.165, 1.54) is 0 Å². The van der Waals surface area contributed by atoms with Crippen LogP contribution in [0.15, 0.2) is 42.5 Å². The number of rotatable bonds is 5. The fourth-order valence-corrected chi connectivity index (χ4v) is 2.49. The van der Waals surface area contributed by atoms with Crippen molar-refractivity contribution in [1.82, 2.24) is 5.32 Å². The van der Waals surface area contributed by atoms with Crippen molar-refractivity contribution < 1.29 is 4.74 Å². The number of ether oxygens (including phenoxy) is 1. The number of hydrogen-bond acceptors (Lipinski definition) is 2. The van der Waals surface area contributed by atoms with Crippen LogP contribution in [0, 0.1) is 0 Å². The Morgan fingerprint density at radius 2 is 1.90 bits per heavy atom. The van der Waals surface area contributed by atoms with E-state index in [-0.39, 0.29) is 6.04 Å². The SMILES string of the molecule is CCOc1cccc(-c2ccc(C(C)NC)c(Cl)c2)c1. The molecule has 0 saturated carbocycles. The first-order valence-electron chi connectivity index (χ1n) is 6.85. The lowest BCUT2D eigenvalue weighted by Crippen LogP contribution is -2.12. The van der Waals surface area contributed by atoms with Gasteiger partial charge in [-0.1, -0.05) is 35.9 Å². The summed E-state index contributed by atoms with van der Waals surface area (Å²) in [6.45, 7) is 4.75. The van der Waals surface area contributed by atoms with Crippen LogP contribution < -0.4 is 10.1 Å². The maximum Gasteiger partial charge on any atom is 0.119 e. The molecule has 0 fully saturated rings. The highest BCUT2D eigenvalue weighted by Gasteiger charge is 2.09. The molecule has 0 aliphatic heterocycles. The van der Waals surface area contributed by atoms with Gasteiger partial charge in [-0.2, -0.15) is 0 Å². The van der Waals surface area contributed by atoms with Gasteiger partial charge in [-0.3, -0.25) is 0 Å². The van der Waals surface area contributed by atoms with Crippen molar-refractivity contribution in [3.63, 3.8) is 0 Å². The first-order valence-corrected chi connectivity index (χ1v) is 7.23. The zero-order valence-corrected chi connectivity index (χ0v) is 12.9. The fourth-order valence-electron chi connectivity index (χ4n) is 2.15. The molecule has 0 radical (unpaired) electrons. The van der Waals surface area contributed by atoms with Gasteiger partial charge in [0.15, 0.2) is 0 Å². The molecular formula is C17H20ClNO. The van der Waals surface area contributed by atoms with E-state index in [1.807, 2.05) is 38.2 Å². The van der Waals surface area contributed by atoms with Gasteiger partial charge in [-0.25, -0.2) is 0 Å². The van der Waals surface area contributed by atoms with Gasteiger partial charge in [0.2, 0.25) is 0 Å². The minimum atomic E-state index is 0.242. The molecule has 0 bridgehead atoms. The molecule has 2 nitrogen and oxygen atoms in total. The normalized spacial score (nSPS) is 12.2. The largest absolute Gasteiger partial charge is 0.494 e. The van der Waals surface area contributed by atoms with Crippen LogP contribution in [0.5, 0.6) is 5.75 Å². The Balaban J connectivity index is 2.34. The molecular weight excluding hydrogens is 270 g/mol. The summed E-state index contributed by atoms with van der Waals surface area (Å²) in [5.41, 5.74) is 3.32. The van der Waals surface area contributed by atoms with E-state index < -0.39 is 0 Å². The summed E-state index contributed by atoms with van der Waals surface area (Å²) in [5, 5.41) is 3.99. The fraction of sp³-hybridized carbons (Fsp3) is 0.294. The Morgan fingerprint density at radius 3 is 2.55 bits per heavy atom. The molecule has 1 unspecified atom stereocenters. The third-order valence-electron chi connectivity index (χ3n) is 3.38. The van der Waals surface area contributed by atoms with Gasteiger partial charge in [0.1, 0.15) is 5.75 Å². The second-order valence-electron chi connectivity index (χ2n) is 4.71. The van der Waals surface area contributed by atoms with Crippen molar-refractivity contribution in [3.8, 4) is 16.9 Å². The van der Waals surface area contributed by atoms with E-state index in [9.17, 15) is 0 Å². The summed E-state index contributed by atoms with van der Waals surface area (Å²) < 4.78 is 5.53. The van der Waals surface area contributed by atoms with Gasteiger partial charge < -0.3 is 10.1 Å². The molecule has 1 atom stereocenters. The van der Waals surface area contributed by atoms with Crippen molar-refractivity contribution in [3.05, 3.63) is 53.1 Å². The highest BCUT2D eigenvalue weighted by Crippen LogP contribution is 2.30. The maximum atomic E-state index is 6.38. The molecule has 0 heterocycles. The first-order chi connectivity index (χ1) is 9.65. The maximum absolute atomic E-state index is 6.38. The molecule has 106 valence electrons. The average Bonchev–Trinajstić information content (AvgIpc) is 2.47. The smallest absolute Gasteiger partial charge is 0.119 e. The van der Waals surface area contributed by atoms with Crippen LogP contribution in [-0.2, 0) is 0 Å². The van der Waals surface area contributed by atoms with E-state index in [0.29, 0.717) is 6.61 Å². The molecule has 0 saturated heterocycles. The Labute approximate surface area is 125 Å². The van der Waals surface area contributed by atoms with Crippen molar-refractivity contribution in [1.29, 1.82) is 0 Å². The lowest BCUT2D eigenvalue weighted by molar-refractivity contribution is 0.340. The van der Waals surface area contributed by atoms with Gasteiger partial charge in [0.05, 0.1) is 6.61 Å². The predicted octanol–water partition coefficient (Wildman–Crippen LogP) is 4.69. The van der Waals surface area contributed by atoms with Gasteiger partial charge in [0.25, 0.3) is 0 Å². The minimum absolute atomic E-state index is 0.242. The molecule has 0 aliphatic rings. The van der Waals surface area contributed by atoms with Crippen molar-refractivity contribution in [2.24, 2.45) is 0 Å². The van der Waals surface area contributed by atoms with Crippen LogP contribution in [0.25, 0.3) is 11.1 Å². The van der Waals surface area contributed by atoms with E-state index in [0.717, 1.165) is 27.5 Å².